The molecule has 1 aromatic carbocycles. The summed E-state index contributed by atoms with van der Waals surface area (Å²) in [6.07, 6.45) is 5.95. The topological polar surface area (TPSA) is 117 Å². The van der Waals surface area contributed by atoms with Gasteiger partial charge in [0, 0.05) is 17.3 Å². The molecule has 1 aliphatic heterocycles. The maximum absolute atomic E-state index is 12.6. The molecule has 0 bridgehead atoms. The van der Waals surface area contributed by atoms with Gasteiger partial charge in [-0.2, -0.15) is 0 Å². The molecule has 1 aromatic heterocycles. The first kappa shape index (κ1) is 18.1. The lowest BCUT2D eigenvalue weighted by Gasteiger charge is -2.28. The fraction of sp³-hybridized carbons (Fsp3) is 0.421. The highest BCUT2D eigenvalue weighted by atomic mass is 16.4. The standard InChI is InChI=1S/C19H21N5O4/c25-16(21-13-6-4-5-12(9-13)17-23-20-11-28-17)10-15-18(26)24(19(27)22-15)14-7-2-1-3-8-14/h4-6,9,11,14-15H,1-3,7-8,10H2,(H,21,25)(H,22,27)/t15-/m0/s1. The van der Waals surface area contributed by atoms with E-state index in [1.807, 2.05) is 0 Å². The van der Waals surface area contributed by atoms with Crippen molar-refractivity contribution in [1.82, 2.24) is 20.4 Å². The smallest absolute Gasteiger partial charge is 0.325 e. The van der Waals surface area contributed by atoms with Gasteiger partial charge >= 0.3 is 6.03 Å². The second-order valence-corrected chi connectivity index (χ2v) is 7.08. The Bertz CT molecular complexity index is 876. The number of hydrogen-bond acceptors (Lipinski definition) is 6. The van der Waals surface area contributed by atoms with Crippen LogP contribution < -0.4 is 10.6 Å². The number of carbonyl (C=O) groups excluding carboxylic acids is 3. The van der Waals surface area contributed by atoms with Crippen molar-refractivity contribution in [2.24, 2.45) is 0 Å². The summed E-state index contributed by atoms with van der Waals surface area (Å²) in [5.41, 5.74) is 1.21. The highest BCUT2D eigenvalue weighted by Crippen LogP contribution is 2.26. The van der Waals surface area contributed by atoms with Crippen LogP contribution >= 0.6 is 0 Å². The number of nitrogens with one attached hydrogen (secondary N) is 2. The number of aromatic nitrogens is 2. The Hall–Kier alpha value is -3.23. The fourth-order valence-corrected chi connectivity index (χ4v) is 3.80. The molecule has 4 rings (SSSR count). The molecule has 9 nitrogen and oxygen atoms in total. The van der Waals surface area contributed by atoms with E-state index >= 15 is 0 Å². The molecule has 1 aliphatic carbocycles. The van der Waals surface area contributed by atoms with E-state index in [1.54, 1.807) is 24.3 Å². The number of benzene rings is 1. The van der Waals surface area contributed by atoms with Crippen molar-refractivity contribution < 1.29 is 18.8 Å². The number of urea groups is 1. The monoisotopic (exact) mass is 383 g/mol. The quantitative estimate of drug-likeness (QED) is 0.765. The van der Waals surface area contributed by atoms with Crippen LogP contribution in [0.15, 0.2) is 35.1 Å². The van der Waals surface area contributed by atoms with Gasteiger partial charge in [0.2, 0.25) is 18.2 Å². The van der Waals surface area contributed by atoms with Crippen LogP contribution in [0.3, 0.4) is 0 Å². The van der Waals surface area contributed by atoms with E-state index in [9.17, 15) is 14.4 Å². The molecule has 1 saturated carbocycles. The normalized spacial score (nSPS) is 20.3. The van der Waals surface area contributed by atoms with Gasteiger partial charge < -0.3 is 15.1 Å². The third kappa shape index (κ3) is 3.73. The lowest BCUT2D eigenvalue weighted by molar-refractivity contribution is -0.131. The van der Waals surface area contributed by atoms with Crippen LogP contribution in [-0.4, -0.2) is 45.0 Å². The number of amides is 4. The number of carbonyl (C=O) groups is 3. The van der Waals surface area contributed by atoms with E-state index in [-0.39, 0.29) is 24.3 Å². The van der Waals surface area contributed by atoms with E-state index in [1.165, 1.54) is 11.3 Å². The molecule has 9 heteroatoms. The summed E-state index contributed by atoms with van der Waals surface area (Å²) in [6, 6.07) is 5.69. The lowest BCUT2D eigenvalue weighted by Crippen LogP contribution is -2.42. The number of imide groups is 1. The molecule has 2 aliphatic rings. The van der Waals surface area contributed by atoms with E-state index in [2.05, 4.69) is 20.8 Å². The molecule has 1 saturated heterocycles. The van der Waals surface area contributed by atoms with Gasteiger partial charge in [-0.15, -0.1) is 10.2 Å². The molecule has 2 heterocycles. The molecule has 2 fully saturated rings. The van der Waals surface area contributed by atoms with Crippen molar-refractivity contribution >= 4 is 23.5 Å². The second kappa shape index (κ2) is 7.79. The van der Waals surface area contributed by atoms with Gasteiger partial charge in [-0.25, -0.2) is 4.79 Å². The van der Waals surface area contributed by atoms with Gasteiger partial charge in [-0.3, -0.25) is 14.5 Å². The van der Waals surface area contributed by atoms with Crippen molar-refractivity contribution in [2.45, 2.75) is 50.6 Å². The molecule has 28 heavy (non-hydrogen) atoms. The zero-order chi connectivity index (χ0) is 19.5. The van der Waals surface area contributed by atoms with Crippen molar-refractivity contribution in [3.05, 3.63) is 30.7 Å². The maximum atomic E-state index is 12.6. The number of hydrogen-bond donors (Lipinski definition) is 2. The largest absolute Gasteiger partial charge is 0.423 e. The number of anilines is 1. The van der Waals surface area contributed by atoms with Crippen LogP contribution in [0, 0.1) is 0 Å². The lowest BCUT2D eigenvalue weighted by atomic mass is 9.94. The Morgan fingerprint density at radius 2 is 2.07 bits per heavy atom. The van der Waals surface area contributed by atoms with Crippen LogP contribution in [-0.2, 0) is 9.59 Å². The molecular weight excluding hydrogens is 362 g/mol. The Morgan fingerprint density at radius 3 is 2.82 bits per heavy atom. The summed E-state index contributed by atoms with van der Waals surface area (Å²) >= 11 is 0. The molecule has 2 N–H and O–H groups in total. The molecule has 4 amide bonds. The highest BCUT2D eigenvalue weighted by Gasteiger charge is 2.42. The number of rotatable bonds is 5. The Labute approximate surface area is 161 Å². The van der Waals surface area contributed by atoms with Crippen molar-refractivity contribution in [1.29, 1.82) is 0 Å². The summed E-state index contributed by atoms with van der Waals surface area (Å²) in [5, 5.41) is 12.9. The third-order valence-corrected chi connectivity index (χ3v) is 5.13. The van der Waals surface area contributed by atoms with Crippen LogP contribution in [0.25, 0.3) is 11.5 Å². The van der Waals surface area contributed by atoms with Crippen LogP contribution in [0.1, 0.15) is 38.5 Å². The van der Waals surface area contributed by atoms with E-state index in [4.69, 9.17) is 4.42 Å². The second-order valence-electron chi connectivity index (χ2n) is 7.08. The minimum atomic E-state index is -0.825. The molecule has 2 aromatic rings. The third-order valence-electron chi connectivity index (χ3n) is 5.13. The van der Waals surface area contributed by atoms with Crippen LogP contribution in [0.4, 0.5) is 10.5 Å². The minimum absolute atomic E-state index is 0.0552. The molecule has 1 atom stereocenters. The van der Waals surface area contributed by atoms with Crippen molar-refractivity contribution in [3.8, 4) is 11.5 Å². The van der Waals surface area contributed by atoms with Gasteiger partial charge in [0.1, 0.15) is 6.04 Å². The maximum Gasteiger partial charge on any atom is 0.325 e. The summed E-state index contributed by atoms with van der Waals surface area (Å²) in [5.74, 6) is -0.323. The van der Waals surface area contributed by atoms with Gasteiger partial charge in [0.25, 0.3) is 5.91 Å². The van der Waals surface area contributed by atoms with E-state index < -0.39 is 12.1 Å². The first-order valence-corrected chi connectivity index (χ1v) is 9.42. The van der Waals surface area contributed by atoms with Gasteiger partial charge in [0.05, 0.1) is 6.42 Å². The zero-order valence-electron chi connectivity index (χ0n) is 15.3. The fourth-order valence-electron chi connectivity index (χ4n) is 3.80. The first-order valence-electron chi connectivity index (χ1n) is 9.42. The van der Waals surface area contributed by atoms with Crippen LogP contribution in [0.5, 0.6) is 0 Å². The van der Waals surface area contributed by atoms with Gasteiger partial charge in [0.15, 0.2) is 0 Å². The van der Waals surface area contributed by atoms with E-state index in [0.717, 1.165) is 32.1 Å². The summed E-state index contributed by atoms with van der Waals surface area (Å²) in [4.78, 5) is 38.6. The Kier molecular flexibility index (Phi) is 5.05. The Morgan fingerprint density at radius 1 is 1.25 bits per heavy atom. The Balaban J connectivity index is 1.38. The zero-order valence-corrected chi connectivity index (χ0v) is 15.3. The molecule has 146 valence electrons. The number of nitrogens with zero attached hydrogens (tertiary/aromatic N) is 3. The predicted molar refractivity (Wildman–Crippen MR) is 99.0 cm³/mol. The highest BCUT2D eigenvalue weighted by molar-refractivity contribution is 6.07. The van der Waals surface area contributed by atoms with Gasteiger partial charge in [-0.05, 0) is 31.0 Å². The van der Waals surface area contributed by atoms with E-state index in [0.29, 0.717) is 17.1 Å². The molecule has 0 spiro atoms. The van der Waals surface area contributed by atoms with Gasteiger partial charge in [-0.1, -0.05) is 25.3 Å². The SMILES string of the molecule is O=C(C[C@@H]1NC(=O)N(C2CCCCC2)C1=O)Nc1cccc(-c2nnco2)c1. The summed E-state index contributed by atoms with van der Waals surface area (Å²) in [7, 11) is 0. The summed E-state index contributed by atoms with van der Waals surface area (Å²) in [6.45, 7) is 0. The predicted octanol–water partition coefficient (Wildman–Crippen LogP) is 2.32. The summed E-state index contributed by atoms with van der Waals surface area (Å²) < 4.78 is 5.15. The molecule has 0 unspecified atom stereocenters. The molecule has 0 radical (unpaired) electrons. The van der Waals surface area contributed by atoms with Crippen molar-refractivity contribution in [2.75, 3.05) is 5.32 Å². The molecular formula is C19H21N5O4. The van der Waals surface area contributed by atoms with Crippen LogP contribution in [0.2, 0.25) is 0 Å². The first-order chi connectivity index (χ1) is 13.6. The average molecular weight is 383 g/mol. The van der Waals surface area contributed by atoms with Crippen molar-refractivity contribution in [3.63, 3.8) is 0 Å². The average Bonchev–Trinajstić information content (AvgIpc) is 3.32. The minimum Gasteiger partial charge on any atom is -0.423 e.